The zero-order valence-electron chi connectivity index (χ0n) is 11.0. The quantitative estimate of drug-likeness (QED) is 0.666. The molecule has 1 aromatic carbocycles. The Morgan fingerprint density at radius 3 is 2.37 bits per heavy atom. The Morgan fingerprint density at radius 1 is 1.16 bits per heavy atom. The van der Waals surface area contributed by atoms with Gasteiger partial charge >= 0.3 is 0 Å². The predicted octanol–water partition coefficient (Wildman–Crippen LogP) is 3.13. The molecule has 5 nitrogen and oxygen atoms in total. The number of benzene rings is 1. The Balaban J connectivity index is 2.41. The molecule has 6 heteroatoms. The molecule has 0 atom stereocenters. The number of hydrogen-bond acceptors (Lipinski definition) is 5. The van der Waals surface area contributed by atoms with Crippen molar-refractivity contribution in [2.24, 2.45) is 5.84 Å². The van der Waals surface area contributed by atoms with Gasteiger partial charge in [0.2, 0.25) is 11.8 Å². The molecule has 19 heavy (non-hydrogen) atoms. The molecule has 2 rings (SSSR count). The Hall–Kier alpha value is -1.85. The number of nitrogens with two attached hydrogens (primary N) is 1. The Kier molecular flexibility index (Phi) is 3.87. The Morgan fingerprint density at radius 2 is 1.79 bits per heavy atom. The maximum atomic E-state index is 6.00. The summed E-state index contributed by atoms with van der Waals surface area (Å²) in [4.78, 5) is 8.20. The number of hydrazine groups is 1. The molecule has 1 heterocycles. The van der Waals surface area contributed by atoms with Crippen LogP contribution in [0.25, 0.3) is 0 Å². The smallest absolute Gasteiger partial charge is 0.240 e. The minimum absolute atomic E-state index is 0.310. The van der Waals surface area contributed by atoms with Crippen LogP contribution >= 0.6 is 11.6 Å². The second-order valence-electron chi connectivity index (χ2n) is 4.30. The predicted molar refractivity (Wildman–Crippen MR) is 75.6 cm³/mol. The van der Waals surface area contributed by atoms with Crippen LogP contribution in [0.4, 0.5) is 5.95 Å². The third-order valence-electron chi connectivity index (χ3n) is 2.68. The van der Waals surface area contributed by atoms with Gasteiger partial charge < -0.3 is 4.74 Å². The van der Waals surface area contributed by atoms with E-state index in [1.54, 1.807) is 6.20 Å². The van der Waals surface area contributed by atoms with Crippen molar-refractivity contribution in [1.29, 1.82) is 0 Å². The summed E-state index contributed by atoms with van der Waals surface area (Å²) in [7, 11) is 0. The highest BCUT2D eigenvalue weighted by molar-refractivity contribution is 6.30. The molecule has 0 spiro atoms. The molecule has 0 aliphatic rings. The lowest BCUT2D eigenvalue weighted by Gasteiger charge is -2.13. The van der Waals surface area contributed by atoms with Gasteiger partial charge in [0.1, 0.15) is 5.75 Å². The number of anilines is 1. The van der Waals surface area contributed by atoms with Gasteiger partial charge in [-0.15, -0.1) is 0 Å². The van der Waals surface area contributed by atoms with Crippen LogP contribution in [-0.4, -0.2) is 9.97 Å². The lowest BCUT2D eigenvalue weighted by Crippen LogP contribution is -2.11. The number of nitrogen functional groups attached to an aromatic ring is 1. The van der Waals surface area contributed by atoms with Crippen LogP contribution in [0.3, 0.4) is 0 Å². The summed E-state index contributed by atoms with van der Waals surface area (Å²) < 4.78 is 5.86. The first-order valence-corrected chi connectivity index (χ1v) is 6.14. The van der Waals surface area contributed by atoms with E-state index in [1.165, 1.54) is 0 Å². The van der Waals surface area contributed by atoms with Crippen molar-refractivity contribution in [1.82, 2.24) is 9.97 Å². The molecule has 0 bridgehead atoms. The molecule has 0 amide bonds. The van der Waals surface area contributed by atoms with E-state index in [0.29, 0.717) is 16.9 Å². The summed E-state index contributed by atoms with van der Waals surface area (Å²) in [5.74, 6) is 6.82. The van der Waals surface area contributed by atoms with Gasteiger partial charge in [0.05, 0.1) is 0 Å². The minimum Gasteiger partial charge on any atom is -0.438 e. The van der Waals surface area contributed by atoms with Crippen LogP contribution in [0.5, 0.6) is 11.6 Å². The highest BCUT2D eigenvalue weighted by atomic mass is 35.5. The first kappa shape index (κ1) is 13.6. The molecule has 2 aromatic rings. The zero-order chi connectivity index (χ0) is 14.0. The average Bonchev–Trinajstić information content (AvgIpc) is 2.35. The van der Waals surface area contributed by atoms with Gasteiger partial charge in [-0.2, -0.15) is 4.98 Å². The normalized spacial score (nSPS) is 10.4. The molecule has 0 saturated carbocycles. The van der Waals surface area contributed by atoms with E-state index >= 15 is 0 Å². The molecule has 0 saturated heterocycles. The van der Waals surface area contributed by atoms with E-state index in [-0.39, 0.29) is 0 Å². The third-order valence-corrected chi connectivity index (χ3v) is 2.90. The zero-order valence-corrected chi connectivity index (χ0v) is 11.7. The SMILES string of the molecule is Cc1cnc(NN)nc1Oc1c(C)cc(Cl)cc1C. The molecule has 0 fully saturated rings. The van der Waals surface area contributed by atoms with Crippen molar-refractivity contribution in [3.05, 3.63) is 40.0 Å². The number of ether oxygens (including phenoxy) is 1. The van der Waals surface area contributed by atoms with Crippen LogP contribution in [0.2, 0.25) is 5.02 Å². The Bertz CT molecular complexity index is 593. The lowest BCUT2D eigenvalue weighted by atomic mass is 10.1. The fourth-order valence-corrected chi connectivity index (χ4v) is 2.08. The minimum atomic E-state index is 0.310. The van der Waals surface area contributed by atoms with Gasteiger partial charge in [-0.05, 0) is 44.0 Å². The molecule has 1 aromatic heterocycles. The van der Waals surface area contributed by atoms with E-state index in [1.807, 2.05) is 32.9 Å². The summed E-state index contributed by atoms with van der Waals surface area (Å²) in [6.07, 6.45) is 1.65. The van der Waals surface area contributed by atoms with Crippen LogP contribution in [0.1, 0.15) is 16.7 Å². The number of nitrogens with one attached hydrogen (secondary N) is 1. The summed E-state index contributed by atoms with van der Waals surface area (Å²) in [6, 6.07) is 3.70. The molecular formula is C13H15ClN4O. The van der Waals surface area contributed by atoms with Crippen molar-refractivity contribution in [2.45, 2.75) is 20.8 Å². The number of rotatable bonds is 3. The van der Waals surface area contributed by atoms with Gasteiger partial charge in [0, 0.05) is 16.8 Å². The molecule has 0 aliphatic carbocycles. The second-order valence-corrected chi connectivity index (χ2v) is 4.73. The van der Waals surface area contributed by atoms with Crippen LogP contribution < -0.4 is 16.0 Å². The van der Waals surface area contributed by atoms with Gasteiger partial charge in [-0.1, -0.05) is 11.6 Å². The van der Waals surface area contributed by atoms with E-state index in [4.69, 9.17) is 22.2 Å². The summed E-state index contributed by atoms with van der Waals surface area (Å²) in [5.41, 5.74) is 5.12. The van der Waals surface area contributed by atoms with Crippen LogP contribution in [-0.2, 0) is 0 Å². The van der Waals surface area contributed by atoms with Crippen molar-refractivity contribution in [3.63, 3.8) is 0 Å². The van der Waals surface area contributed by atoms with Crippen molar-refractivity contribution in [2.75, 3.05) is 5.43 Å². The van der Waals surface area contributed by atoms with Gasteiger partial charge in [0.15, 0.2) is 0 Å². The van der Waals surface area contributed by atoms with Crippen molar-refractivity contribution < 1.29 is 4.74 Å². The van der Waals surface area contributed by atoms with E-state index in [9.17, 15) is 0 Å². The van der Waals surface area contributed by atoms with Gasteiger partial charge in [-0.3, -0.25) is 5.43 Å². The first-order chi connectivity index (χ1) is 9.01. The second kappa shape index (κ2) is 5.42. The number of nitrogens with zero attached hydrogens (tertiary/aromatic N) is 2. The van der Waals surface area contributed by atoms with Crippen LogP contribution in [0, 0.1) is 20.8 Å². The summed E-state index contributed by atoms with van der Waals surface area (Å²) in [6.45, 7) is 5.75. The maximum Gasteiger partial charge on any atom is 0.240 e. The van der Waals surface area contributed by atoms with Crippen molar-refractivity contribution in [3.8, 4) is 11.6 Å². The van der Waals surface area contributed by atoms with E-state index in [0.717, 1.165) is 22.4 Å². The molecule has 0 aliphatic heterocycles. The number of halogens is 1. The standard InChI is InChI=1S/C13H15ClN4O/c1-7-4-10(14)5-8(2)11(7)19-12-9(3)6-16-13(17-12)18-15/h4-6H,15H2,1-3H3,(H,16,17,18). The fourth-order valence-electron chi connectivity index (χ4n) is 1.75. The monoisotopic (exact) mass is 278 g/mol. The fraction of sp³-hybridized carbons (Fsp3) is 0.231. The van der Waals surface area contributed by atoms with Gasteiger partial charge in [0.25, 0.3) is 0 Å². The molecular weight excluding hydrogens is 264 g/mol. The third kappa shape index (κ3) is 2.94. The molecule has 100 valence electrons. The molecule has 3 N–H and O–H groups in total. The summed E-state index contributed by atoms with van der Waals surface area (Å²) >= 11 is 6.00. The average molecular weight is 279 g/mol. The van der Waals surface area contributed by atoms with Crippen LogP contribution in [0.15, 0.2) is 18.3 Å². The summed E-state index contributed by atoms with van der Waals surface area (Å²) in [5, 5.41) is 0.686. The van der Waals surface area contributed by atoms with Crippen molar-refractivity contribution >= 4 is 17.5 Å². The highest BCUT2D eigenvalue weighted by Crippen LogP contribution is 2.31. The lowest BCUT2D eigenvalue weighted by molar-refractivity contribution is 0.451. The van der Waals surface area contributed by atoms with E-state index < -0.39 is 0 Å². The molecule has 0 unspecified atom stereocenters. The van der Waals surface area contributed by atoms with E-state index in [2.05, 4.69) is 15.4 Å². The van der Waals surface area contributed by atoms with Gasteiger partial charge in [-0.25, -0.2) is 10.8 Å². The highest BCUT2D eigenvalue weighted by Gasteiger charge is 2.11. The topological polar surface area (TPSA) is 73.1 Å². The molecule has 0 radical (unpaired) electrons. The first-order valence-electron chi connectivity index (χ1n) is 5.76. The maximum absolute atomic E-state index is 6.00. The number of hydrogen-bond donors (Lipinski definition) is 2. The number of aromatic nitrogens is 2. The number of aryl methyl sites for hydroxylation is 3. The Labute approximate surface area is 116 Å². The largest absolute Gasteiger partial charge is 0.438 e.